The van der Waals surface area contributed by atoms with Crippen LogP contribution in [0.25, 0.3) is 0 Å². The van der Waals surface area contributed by atoms with Crippen molar-refractivity contribution in [2.75, 3.05) is 13.7 Å². The van der Waals surface area contributed by atoms with Crippen LogP contribution in [0.4, 0.5) is 0 Å². The van der Waals surface area contributed by atoms with E-state index in [1.165, 1.54) is 0 Å². The Morgan fingerprint density at radius 1 is 1.25 bits per heavy atom. The number of nitrogens with zero attached hydrogens (tertiary/aromatic N) is 1. The first-order valence-corrected chi connectivity index (χ1v) is 7.19. The Balaban J connectivity index is 2.18. The second-order valence-corrected chi connectivity index (χ2v) is 5.47. The van der Waals surface area contributed by atoms with Gasteiger partial charge in [-0.1, -0.05) is 42.5 Å². The molecule has 1 aromatic carbocycles. The molecule has 20 heavy (non-hydrogen) atoms. The molecule has 1 heterocycles. The number of methoxy groups -OCH3 is 1. The van der Waals surface area contributed by atoms with Gasteiger partial charge in [0.25, 0.3) is 5.91 Å². The molecule has 1 amide bonds. The molecule has 1 aliphatic heterocycles. The molecule has 0 spiro atoms. The van der Waals surface area contributed by atoms with Crippen LogP contribution in [-0.4, -0.2) is 30.1 Å². The third-order valence-electron chi connectivity index (χ3n) is 3.88. The van der Waals surface area contributed by atoms with Crippen LogP contribution in [0.5, 0.6) is 0 Å². The van der Waals surface area contributed by atoms with E-state index in [0.29, 0.717) is 13.0 Å². The van der Waals surface area contributed by atoms with Crippen molar-refractivity contribution in [1.82, 2.24) is 4.90 Å². The Hall–Kier alpha value is -1.61. The molecule has 0 saturated carbocycles. The summed E-state index contributed by atoms with van der Waals surface area (Å²) in [6.07, 6.45) is 6.85. The predicted octanol–water partition coefficient (Wildman–Crippen LogP) is 3.16. The first-order valence-electron chi connectivity index (χ1n) is 7.19. The van der Waals surface area contributed by atoms with Crippen molar-refractivity contribution in [2.45, 2.75) is 38.3 Å². The Bertz CT molecular complexity index is 469. The SMILES string of the molecule is COC1(C)C/C=C\CCCN(Cc2ccccc2)C1=O. The lowest BCUT2D eigenvalue weighted by atomic mass is 9.99. The molecule has 3 heteroatoms. The van der Waals surface area contributed by atoms with Crippen LogP contribution in [0.2, 0.25) is 0 Å². The molecule has 1 unspecified atom stereocenters. The summed E-state index contributed by atoms with van der Waals surface area (Å²) in [7, 11) is 1.62. The van der Waals surface area contributed by atoms with E-state index in [4.69, 9.17) is 4.74 Å². The van der Waals surface area contributed by atoms with Crippen molar-refractivity contribution in [3.05, 3.63) is 48.0 Å². The normalized spacial score (nSPS) is 25.7. The van der Waals surface area contributed by atoms with Gasteiger partial charge in [-0.2, -0.15) is 0 Å². The molecule has 1 aliphatic rings. The fraction of sp³-hybridized carbons (Fsp3) is 0.471. The molecule has 0 fully saturated rings. The lowest BCUT2D eigenvalue weighted by molar-refractivity contribution is -0.153. The summed E-state index contributed by atoms with van der Waals surface area (Å²) in [4.78, 5) is 14.7. The molecule has 0 saturated heterocycles. The summed E-state index contributed by atoms with van der Waals surface area (Å²) in [6, 6.07) is 10.1. The molecule has 2 rings (SSSR count). The second kappa shape index (κ2) is 6.71. The molecule has 0 aliphatic carbocycles. The number of hydrogen-bond acceptors (Lipinski definition) is 2. The van der Waals surface area contributed by atoms with Crippen LogP contribution in [-0.2, 0) is 16.1 Å². The molecule has 108 valence electrons. The highest BCUT2D eigenvalue weighted by Gasteiger charge is 2.35. The van der Waals surface area contributed by atoms with E-state index in [9.17, 15) is 4.79 Å². The summed E-state index contributed by atoms with van der Waals surface area (Å²) in [6.45, 7) is 3.30. The van der Waals surface area contributed by atoms with Gasteiger partial charge in [0.2, 0.25) is 0 Å². The van der Waals surface area contributed by atoms with Gasteiger partial charge in [0.15, 0.2) is 0 Å². The Labute approximate surface area is 121 Å². The van der Waals surface area contributed by atoms with Gasteiger partial charge in [-0.3, -0.25) is 4.79 Å². The quantitative estimate of drug-likeness (QED) is 0.792. The lowest BCUT2D eigenvalue weighted by Crippen LogP contribution is -2.48. The summed E-state index contributed by atoms with van der Waals surface area (Å²) < 4.78 is 5.51. The average Bonchev–Trinajstić information content (AvgIpc) is 2.54. The van der Waals surface area contributed by atoms with Gasteiger partial charge in [-0.25, -0.2) is 0 Å². The number of carbonyl (C=O) groups excluding carboxylic acids is 1. The van der Waals surface area contributed by atoms with Crippen molar-refractivity contribution < 1.29 is 9.53 Å². The predicted molar refractivity (Wildman–Crippen MR) is 80.3 cm³/mol. The molecule has 1 atom stereocenters. The molecule has 0 bridgehead atoms. The van der Waals surface area contributed by atoms with E-state index in [1.807, 2.05) is 30.0 Å². The zero-order chi connectivity index (χ0) is 14.4. The lowest BCUT2D eigenvalue weighted by Gasteiger charge is -2.32. The highest BCUT2D eigenvalue weighted by atomic mass is 16.5. The number of ether oxygens (including phenoxy) is 1. The van der Waals surface area contributed by atoms with Crippen molar-refractivity contribution in [3.63, 3.8) is 0 Å². The number of carbonyl (C=O) groups is 1. The maximum atomic E-state index is 12.8. The van der Waals surface area contributed by atoms with Crippen LogP contribution in [0.15, 0.2) is 42.5 Å². The zero-order valence-electron chi connectivity index (χ0n) is 12.3. The Morgan fingerprint density at radius 2 is 2.00 bits per heavy atom. The Kier molecular flexibility index (Phi) is 4.96. The van der Waals surface area contributed by atoms with Crippen LogP contribution in [0, 0.1) is 0 Å². The van der Waals surface area contributed by atoms with E-state index in [0.717, 1.165) is 24.9 Å². The zero-order valence-corrected chi connectivity index (χ0v) is 12.3. The number of rotatable bonds is 3. The first kappa shape index (κ1) is 14.8. The first-order chi connectivity index (χ1) is 9.65. The summed E-state index contributed by atoms with van der Waals surface area (Å²) in [5, 5.41) is 0. The van der Waals surface area contributed by atoms with Crippen molar-refractivity contribution in [3.8, 4) is 0 Å². The van der Waals surface area contributed by atoms with E-state index in [2.05, 4.69) is 24.3 Å². The van der Waals surface area contributed by atoms with E-state index >= 15 is 0 Å². The highest BCUT2D eigenvalue weighted by molar-refractivity contribution is 5.85. The maximum absolute atomic E-state index is 12.8. The van der Waals surface area contributed by atoms with E-state index in [-0.39, 0.29) is 5.91 Å². The van der Waals surface area contributed by atoms with Crippen LogP contribution < -0.4 is 0 Å². The molecule has 0 aromatic heterocycles. The van der Waals surface area contributed by atoms with Gasteiger partial charge in [0.1, 0.15) is 5.60 Å². The van der Waals surface area contributed by atoms with Crippen LogP contribution in [0.1, 0.15) is 31.7 Å². The minimum absolute atomic E-state index is 0.0791. The minimum Gasteiger partial charge on any atom is -0.368 e. The van der Waals surface area contributed by atoms with E-state index in [1.54, 1.807) is 7.11 Å². The van der Waals surface area contributed by atoms with Gasteiger partial charge in [0, 0.05) is 26.6 Å². The van der Waals surface area contributed by atoms with Crippen LogP contribution >= 0.6 is 0 Å². The Morgan fingerprint density at radius 3 is 2.70 bits per heavy atom. The largest absolute Gasteiger partial charge is 0.368 e. The smallest absolute Gasteiger partial charge is 0.255 e. The number of amides is 1. The third-order valence-corrected chi connectivity index (χ3v) is 3.88. The monoisotopic (exact) mass is 273 g/mol. The van der Waals surface area contributed by atoms with Gasteiger partial charge >= 0.3 is 0 Å². The fourth-order valence-corrected chi connectivity index (χ4v) is 2.47. The van der Waals surface area contributed by atoms with E-state index < -0.39 is 5.60 Å². The highest BCUT2D eigenvalue weighted by Crippen LogP contribution is 2.22. The average molecular weight is 273 g/mol. The van der Waals surface area contributed by atoms with Crippen molar-refractivity contribution in [2.24, 2.45) is 0 Å². The van der Waals surface area contributed by atoms with Crippen LogP contribution in [0.3, 0.4) is 0 Å². The number of benzene rings is 1. The van der Waals surface area contributed by atoms with Crippen molar-refractivity contribution in [1.29, 1.82) is 0 Å². The van der Waals surface area contributed by atoms with Gasteiger partial charge in [-0.15, -0.1) is 0 Å². The number of allylic oxidation sites excluding steroid dienone is 1. The molecule has 1 aromatic rings. The number of hydrogen-bond donors (Lipinski definition) is 0. The summed E-state index contributed by atoms with van der Waals surface area (Å²) in [5.74, 6) is 0.0791. The summed E-state index contributed by atoms with van der Waals surface area (Å²) >= 11 is 0. The summed E-state index contributed by atoms with van der Waals surface area (Å²) in [5.41, 5.74) is 0.404. The molecular weight excluding hydrogens is 250 g/mol. The van der Waals surface area contributed by atoms with Gasteiger partial charge in [-0.05, 0) is 25.3 Å². The standard InChI is InChI=1S/C17H23NO2/c1-17(20-2)12-8-3-4-9-13-18(16(17)19)14-15-10-6-5-7-11-15/h3,5-8,10-11H,4,9,12-14H2,1-2H3/b8-3-. The third kappa shape index (κ3) is 3.48. The topological polar surface area (TPSA) is 29.5 Å². The molecule has 0 radical (unpaired) electrons. The van der Waals surface area contributed by atoms with Gasteiger partial charge in [0.05, 0.1) is 0 Å². The molecule has 3 nitrogen and oxygen atoms in total. The molecule has 0 N–H and O–H groups in total. The fourth-order valence-electron chi connectivity index (χ4n) is 2.47. The van der Waals surface area contributed by atoms with Crippen molar-refractivity contribution >= 4 is 5.91 Å². The van der Waals surface area contributed by atoms with Gasteiger partial charge < -0.3 is 9.64 Å². The maximum Gasteiger partial charge on any atom is 0.255 e. The second-order valence-electron chi connectivity index (χ2n) is 5.47. The minimum atomic E-state index is -0.754. The molecular formula is C17H23NO2.